The zero-order valence-corrected chi connectivity index (χ0v) is 11.8. The third kappa shape index (κ3) is 1.88. The number of H-pyrrole nitrogens is 1. The van der Waals surface area contributed by atoms with Crippen molar-refractivity contribution in [2.24, 2.45) is 11.8 Å². The summed E-state index contributed by atoms with van der Waals surface area (Å²) < 4.78 is 0. The molecule has 4 nitrogen and oxygen atoms in total. The Morgan fingerprint density at radius 1 is 1.40 bits per heavy atom. The first-order valence-electron chi connectivity index (χ1n) is 7.08. The van der Waals surface area contributed by atoms with Gasteiger partial charge in [0.25, 0.3) is 0 Å². The average molecular weight is 288 g/mol. The molecule has 2 bridgehead atoms. The van der Waals surface area contributed by atoms with Crippen molar-refractivity contribution in [1.29, 1.82) is 0 Å². The number of nitrogens with one attached hydrogen (secondary N) is 1. The lowest BCUT2D eigenvalue weighted by atomic mass is 9.89. The number of thiazole rings is 1. The molecule has 104 valence electrons. The molecule has 3 unspecified atom stereocenters. The second-order valence-electron chi connectivity index (χ2n) is 5.96. The molecule has 0 amide bonds. The summed E-state index contributed by atoms with van der Waals surface area (Å²) in [6.07, 6.45) is 7.16. The van der Waals surface area contributed by atoms with Gasteiger partial charge in [-0.15, -0.1) is 11.3 Å². The maximum atomic E-state index is 10.9. The van der Waals surface area contributed by atoms with Crippen molar-refractivity contribution in [3.05, 3.63) is 28.3 Å². The van der Waals surface area contributed by atoms with Gasteiger partial charge in [0.15, 0.2) is 0 Å². The van der Waals surface area contributed by atoms with Gasteiger partial charge in [-0.1, -0.05) is 6.42 Å². The predicted octanol–water partition coefficient (Wildman–Crippen LogP) is 3.74. The number of nitrogens with zero attached hydrogens (tertiary/aromatic N) is 1. The molecule has 2 heterocycles. The molecule has 2 N–H and O–H groups in total. The summed E-state index contributed by atoms with van der Waals surface area (Å²) >= 11 is 1.73. The predicted molar refractivity (Wildman–Crippen MR) is 77.0 cm³/mol. The monoisotopic (exact) mass is 288 g/mol. The van der Waals surface area contributed by atoms with Gasteiger partial charge < -0.3 is 10.1 Å². The molecule has 0 spiro atoms. The highest BCUT2D eigenvalue weighted by atomic mass is 32.1. The summed E-state index contributed by atoms with van der Waals surface area (Å²) in [4.78, 5) is 18.4. The molecule has 2 saturated carbocycles. The average Bonchev–Trinajstić information content (AvgIpc) is 3.20. The van der Waals surface area contributed by atoms with Crippen molar-refractivity contribution >= 4 is 17.3 Å². The quantitative estimate of drug-likeness (QED) is 0.904. The highest BCUT2D eigenvalue weighted by molar-refractivity contribution is 7.10. The fourth-order valence-corrected chi connectivity index (χ4v) is 4.84. The van der Waals surface area contributed by atoms with Crippen LogP contribution in [-0.2, 0) is 0 Å². The smallest absolute Gasteiger partial charge is 0.352 e. The number of carboxylic acids is 1. The molecule has 4 rings (SSSR count). The van der Waals surface area contributed by atoms with Crippen LogP contribution in [0.15, 0.2) is 17.6 Å². The number of hydrogen-bond donors (Lipinski definition) is 2. The van der Waals surface area contributed by atoms with Crippen LogP contribution in [0.1, 0.15) is 47.1 Å². The van der Waals surface area contributed by atoms with Crippen LogP contribution in [0.25, 0.3) is 11.3 Å². The molecule has 0 radical (unpaired) electrons. The van der Waals surface area contributed by atoms with Crippen molar-refractivity contribution in [3.63, 3.8) is 0 Å². The second kappa shape index (κ2) is 4.45. The zero-order valence-electron chi connectivity index (χ0n) is 11.0. The lowest BCUT2D eigenvalue weighted by molar-refractivity contribution is 0.0691. The SMILES string of the molecule is O=C(O)c1cc(-c2csc(C3CC4CCC3C4)n2)c[nH]1. The Hall–Kier alpha value is -1.62. The molecule has 2 aliphatic rings. The van der Waals surface area contributed by atoms with Crippen LogP contribution in [0.2, 0.25) is 0 Å². The molecular weight excluding hydrogens is 272 g/mol. The van der Waals surface area contributed by atoms with E-state index in [0.717, 1.165) is 23.1 Å². The van der Waals surface area contributed by atoms with Crippen molar-refractivity contribution in [2.75, 3.05) is 0 Å². The number of rotatable bonds is 3. The number of aromatic nitrogens is 2. The van der Waals surface area contributed by atoms with Gasteiger partial charge in [0.2, 0.25) is 0 Å². The van der Waals surface area contributed by atoms with Crippen molar-refractivity contribution in [1.82, 2.24) is 9.97 Å². The van der Waals surface area contributed by atoms with Gasteiger partial charge in [0.05, 0.1) is 10.7 Å². The van der Waals surface area contributed by atoms with E-state index in [1.54, 1.807) is 23.6 Å². The van der Waals surface area contributed by atoms with Gasteiger partial charge in [0.1, 0.15) is 5.69 Å². The van der Waals surface area contributed by atoms with Crippen LogP contribution in [0.3, 0.4) is 0 Å². The van der Waals surface area contributed by atoms with Gasteiger partial charge in [-0.2, -0.15) is 0 Å². The minimum Gasteiger partial charge on any atom is -0.477 e. The van der Waals surface area contributed by atoms with Gasteiger partial charge >= 0.3 is 5.97 Å². The topological polar surface area (TPSA) is 66.0 Å². The van der Waals surface area contributed by atoms with Crippen molar-refractivity contribution in [2.45, 2.75) is 31.6 Å². The number of aromatic carboxylic acids is 1. The van der Waals surface area contributed by atoms with Crippen LogP contribution < -0.4 is 0 Å². The number of carboxylic acid groups (broad SMARTS) is 1. The first kappa shape index (κ1) is 12.1. The van der Waals surface area contributed by atoms with E-state index >= 15 is 0 Å². The van der Waals surface area contributed by atoms with Crippen molar-refractivity contribution < 1.29 is 9.90 Å². The fourth-order valence-electron chi connectivity index (χ4n) is 3.80. The molecular formula is C15H16N2O2S. The molecule has 3 atom stereocenters. The van der Waals surface area contributed by atoms with E-state index in [1.165, 1.54) is 30.7 Å². The highest BCUT2D eigenvalue weighted by Gasteiger charge is 2.41. The van der Waals surface area contributed by atoms with E-state index < -0.39 is 5.97 Å². The summed E-state index contributed by atoms with van der Waals surface area (Å²) in [5.74, 6) is 1.47. The summed E-state index contributed by atoms with van der Waals surface area (Å²) in [6.45, 7) is 0. The largest absolute Gasteiger partial charge is 0.477 e. The summed E-state index contributed by atoms with van der Waals surface area (Å²) in [5.41, 5.74) is 1.99. The molecule has 2 aromatic heterocycles. The maximum absolute atomic E-state index is 10.9. The van der Waals surface area contributed by atoms with E-state index in [9.17, 15) is 4.79 Å². The van der Waals surface area contributed by atoms with Crippen LogP contribution in [0.5, 0.6) is 0 Å². The third-order valence-electron chi connectivity index (χ3n) is 4.79. The van der Waals surface area contributed by atoms with Crippen LogP contribution >= 0.6 is 11.3 Å². The Morgan fingerprint density at radius 2 is 2.30 bits per heavy atom. The third-order valence-corrected chi connectivity index (χ3v) is 5.76. The Morgan fingerprint density at radius 3 is 2.95 bits per heavy atom. The van der Waals surface area contributed by atoms with Gasteiger partial charge in [-0.25, -0.2) is 9.78 Å². The number of carbonyl (C=O) groups is 1. The maximum Gasteiger partial charge on any atom is 0.352 e. The van der Waals surface area contributed by atoms with Gasteiger partial charge in [-0.3, -0.25) is 0 Å². The molecule has 2 fully saturated rings. The summed E-state index contributed by atoms with van der Waals surface area (Å²) in [7, 11) is 0. The number of aromatic amines is 1. The van der Waals surface area contributed by atoms with E-state index in [4.69, 9.17) is 10.1 Å². The van der Waals surface area contributed by atoms with Gasteiger partial charge in [0, 0.05) is 23.1 Å². The highest BCUT2D eigenvalue weighted by Crippen LogP contribution is 2.53. The summed E-state index contributed by atoms with van der Waals surface area (Å²) in [6, 6.07) is 1.65. The Bertz CT molecular complexity index is 660. The molecule has 2 aliphatic carbocycles. The van der Waals surface area contributed by atoms with E-state index in [0.29, 0.717) is 5.92 Å². The Kier molecular flexibility index (Phi) is 2.70. The zero-order chi connectivity index (χ0) is 13.7. The molecule has 2 aromatic rings. The first-order chi connectivity index (χ1) is 9.70. The molecule has 0 aliphatic heterocycles. The van der Waals surface area contributed by atoms with E-state index in [1.807, 2.05) is 0 Å². The van der Waals surface area contributed by atoms with Gasteiger partial charge in [-0.05, 0) is 37.2 Å². The minimum absolute atomic E-state index is 0.217. The molecule has 20 heavy (non-hydrogen) atoms. The second-order valence-corrected chi connectivity index (χ2v) is 6.85. The normalized spacial score (nSPS) is 28.1. The molecule has 0 saturated heterocycles. The lowest BCUT2D eigenvalue weighted by Gasteiger charge is -2.18. The Balaban J connectivity index is 1.60. The molecule has 5 heteroatoms. The lowest BCUT2D eigenvalue weighted by Crippen LogP contribution is -2.07. The van der Waals surface area contributed by atoms with E-state index in [2.05, 4.69) is 10.4 Å². The van der Waals surface area contributed by atoms with Crippen LogP contribution in [0, 0.1) is 11.8 Å². The summed E-state index contributed by atoms with van der Waals surface area (Å²) in [5, 5.41) is 12.2. The minimum atomic E-state index is -0.931. The molecule has 0 aromatic carbocycles. The number of fused-ring (bicyclic) bond motifs is 2. The standard InChI is InChI=1S/C15H16N2O2S/c18-15(19)12-5-10(6-16-12)13-7-20-14(17-13)11-4-8-1-2-9(11)3-8/h5-9,11,16H,1-4H2,(H,18,19). The van der Waals surface area contributed by atoms with Crippen molar-refractivity contribution in [3.8, 4) is 11.3 Å². The number of hydrogen-bond acceptors (Lipinski definition) is 3. The first-order valence-corrected chi connectivity index (χ1v) is 7.96. The van der Waals surface area contributed by atoms with E-state index in [-0.39, 0.29) is 5.69 Å². The van der Waals surface area contributed by atoms with Crippen LogP contribution in [-0.4, -0.2) is 21.0 Å². The Labute approximate surface area is 120 Å². The fraction of sp³-hybridized carbons (Fsp3) is 0.467. The van der Waals surface area contributed by atoms with Crippen LogP contribution in [0.4, 0.5) is 0 Å².